The standard InChI is InChI=1S/C13H25N3O2/c1-10-8-16(7-6-15(10)2)9-12(13(17)18-3)14-11-4-5-11/h10-12,14H,4-9H2,1-3H3. The van der Waals surface area contributed by atoms with Crippen molar-refractivity contribution in [2.24, 2.45) is 0 Å². The van der Waals surface area contributed by atoms with Crippen LogP contribution in [-0.2, 0) is 9.53 Å². The van der Waals surface area contributed by atoms with Crippen molar-refractivity contribution in [2.75, 3.05) is 40.3 Å². The number of piperazine rings is 1. The maximum Gasteiger partial charge on any atom is 0.324 e. The second kappa shape index (κ2) is 5.99. The highest BCUT2D eigenvalue weighted by Gasteiger charge is 2.31. The van der Waals surface area contributed by atoms with Crippen LogP contribution in [-0.4, -0.2) is 74.2 Å². The molecule has 1 saturated carbocycles. The van der Waals surface area contributed by atoms with E-state index in [1.807, 2.05) is 0 Å². The molecule has 2 rings (SSSR count). The monoisotopic (exact) mass is 255 g/mol. The van der Waals surface area contributed by atoms with Crippen molar-refractivity contribution >= 4 is 5.97 Å². The molecule has 5 nitrogen and oxygen atoms in total. The lowest BCUT2D eigenvalue weighted by atomic mass is 10.1. The van der Waals surface area contributed by atoms with E-state index in [1.165, 1.54) is 20.0 Å². The number of hydrogen-bond acceptors (Lipinski definition) is 5. The lowest BCUT2D eigenvalue weighted by molar-refractivity contribution is -0.143. The van der Waals surface area contributed by atoms with Gasteiger partial charge in [0.2, 0.25) is 0 Å². The van der Waals surface area contributed by atoms with E-state index in [-0.39, 0.29) is 12.0 Å². The van der Waals surface area contributed by atoms with E-state index in [4.69, 9.17) is 4.74 Å². The summed E-state index contributed by atoms with van der Waals surface area (Å²) in [4.78, 5) is 16.5. The molecule has 1 heterocycles. The van der Waals surface area contributed by atoms with Crippen LogP contribution in [0.15, 0.2) is 0 Å². The zero-order valence-electron chi connectivity index (χ0n) is 11.7. The molecule has 104 valence electrons. The van der Waals surface area contributed by atoms with E-state index < -0.39 is 0 Å². The highest BCUT2D eigenvalue weighted by molar-refractivity contribution is 5.76. The second-order valence-electron chi connectivity index (χ2n) is 5.61. The number of rotatable bonds is 5. The molecule has 0 bridgehead atoms. The predicted octanol–water partition coefficient (Wildman–Crippen LogP) is -0.0841. The molecule has 1 saturated heterocycles. The minimum Gasteiger partial charge on any atom is -0.468 e. The summed E-state index contributed by atoms with van der Waals surface area (Å²) in [6.07, 6.45) is 2.37. The van der Waals surface area contributed by atoms with Gasteiger partial charge in [-0.2, -0.15) is 0 Å². The van der Waals surface area contributed by atoms with Crippen LogP contribution in [0.2, 0.25) is 0 Å². The molecule has 2 aliphatic rings. The Kier molecular flexibility index (Phi) is 4.59. The number of hydrogen-bond donors (Lipinski definition) is 1. The van der Waals surface area contributed by atoms with Crippen LogP contribution in [0.25, 0.3) is 0 Å². The van der Waals surface area contributed by atoms with Crippen molar-refractivity contribution in [2.45, 2.75) is 37.9 Å². The molecule has 0 aromatic rings. The fourth-order valence-electron chi connectivity index (χ4n) is 2.42. The van der Waals surface area contributed by atoms with E-state index in [1.54, 1.807) is 0 Å². The van der Waals surface area contributed by atoms with Crippen LogP contribution in [0, 0.1) is 0 Å². The van der Waals surface area contributed by atoms with Gasteiger partial charge in [0.15, 0.2) is 0 Å². The summed E-state index contributed by atoms with van der Waals surface area (Å²) in [5.74, 6) is -0.131. The minimum atomic E-state index is -0.168. The largest absolute Gasteiger partial charge is 0.468 e. The van der Waals surface area contributed by atoms with Gasteiger partial charge in [0.05, 0.1) is 7.11 Å². The van der Waals surface area contributed by atoms with E-state index in [0.29, 0.717) is 12.1 Å². The Labute approximate surface area is 109 Å². The van der Waals surface area contributed by atoms with Crippen LogP contribution >= 0.6 is 0 Å². The molecule has 1 N–H and O–H groups in total. The van der Waals surface area contributed by atoms with Crippen molar-refractivity contribution in [3.63, 3.8) is 0 Å². The Morgan fingerprint density at radius 3 is 2.72 bits per heavy atom. The molecule has 0 amide bonds. The average Bonchev–Trinajstić information content (AvgIpc) is 3.16. The first-order valence-electron chi connectivity index (χ1n) is 6.86. The Morgan fingerprint density at radius 2 is 2.17 bits per heavy atom. The number of methoxy groups -OCH3 is 1. The fraction of sp³-hybridized carbons (Fsp3) is 0.923. The molecule has 0 radical (unpaired) electrons. The fourth-order valence-corrected chi connectivity index (χ4v) is 2.42. The SMILES string of the molecule is COC(=O)C(CN1CCN(C)C(C)C1)NC1CC1. The van der Waals surface area contributed by atoms with Gasteiger partial charge in [0, 0.05) is 38.3 Å². The summed E-state index contributed by atoms with van der Waals surface area (Å²) < 4.78 is 4.89. The van der Waals surface area contributed by atoms with E-state index in [2.05, 4.69) is 29.1 Å². The van der Waals surface area contributed by atoms with E-state index in [9.17, 15) is 4.79 Å². The zero-order chi connectivity index (χ0) is 13.1. The van der Waals surface area contributed by atoms with Crippen LogP contribution in [0.4, 0.5) is 0 Å². The van der Waals surface area contributed by atoms with E-state index in [0.717, 1.165) is 26.2 Å². The van der Waals surface area contributed by atoms with Crippen molar-refractivity contribution in [3.05, 3.63) is 0 Å². The van der Waals surface area contributed by atoms with Gasteiger partial charge in [0.25, 0.3) is 0 Å². The van der Waals surface area contributed by atoms with Gasteiger partial charge >= 0.3 is 5.97 Å². The molecule has 2 unspecified atom stereocenters. The molecule has 2 atom stereocenters. The van der Waals surface area contributed by atoms with Gasteiger partial charge in [-0.3, -0.25) is 9.69 Å². The third-order valence-corrected chi connectivity index (χ3v) is 3.98. The van der Waals surface area contributed by atoms with Gasteiger partial charge in [-0.1, -0.05) is 0 Å². The molecule has 18 heavy (non-hydrogen) atoms. The topological polar surface area (TPSA) is 44.8 Å². The summed E-state index contributed by atoms with van der Waals surface area (Å²) in [6.45, 7) is 6.12. The second-order valence-corrected chi connectivity index (χ2v) is 5.61. The molecule has 1 aliphatic heterocycles. The molecule has 0 aromatic heterocycles. The Hall–Kier alpha value is -0.650. The third kappa shape index (κ3) is 3.67. The summed E-state index contributed by atoms with van der Waals surface area (Å²) in [6, 6.07) is 0.912. The smallest absolute Gasteiger partial charge is 0.324 e. The summed E-state index contributed by atoms with van der Waals surface area (Å²) in [7, 11) is 3.62. The molecular weight excluding hydrogens is 230 g/mol. The Balaban J connectivity index is 1.85. The number of nitrogens with one attached hydrogen (secondary N) is 1. The number of ether oxygens (including phenoxy) is 1. The lowest BCUT2D eigenvalue weighted by Crippen LogP contribution is -2.55. The predicted molar refractivity (Wildman–Crippen MR) is 70.5 cm³/mol. The first-order valence-corrected chi connectivity index (χ1v) is 6.86. The molecule has 2 fully saturated rings. The van der Waals surface area contributed by atoms with Crippen LogP contribution in [0.5, 0.6) is 0 Å². The van der Waals surface area contributed by atoms with Crippen LogP contribution in [0.1, 0.15) is 19.8 Å². The van der Waals surface area contributed by atoms with Gasteiger partial charge in [-0.05, 0) is 26.8 Å². The highest BCUT2D eigenvalue weighted by Crippen LogP contribution is 2.20. The number of likely N-dealkylation sites (N-methyl/N-ethyl adjacent to an activating group) is 1. The Morgan fingerprint density at radius 1 is 1.44 bits per heavy atom. The summed E-state index contributed by atoms with van der Waals surface area (Å²) in [5.41, 5.74) is 0. The van der Waals surface area contributed by atoms with Crippen LogP contribution < -0.4 is 5.32 Å². The normalized spacial score (nSPS) is 28.1. The number of esters is 1. The van der Waals surface area contributed by atoms with Crippen molar-refractivity contribution < 1.29 is 9.53 Å². The summed E-state index contributed by atoms with van der Waals surface area (Å²) >= 11 is 0. The van der Waals surface area contributed by atoms with Crippen LogP contribution in [0.3, 0.4) is 0 Å². The first kappa shape index (κ1) is 13.8. The van der Waals surface area contributed by atoms with Gasteiger partial charge < -0.3 is 15.0 Å². The van der Waals surface area contributed by atoms with Gasteiger partial charge in [0.1, 0.15) is 6.04 Å². The molecule has 5 heteroatoms. The van der Waals surface area contributed by atoms with Gasteiger partial charge in [-0.15, -0.1) is 0 Å². The number of carbonyl (C=O) groups excluding carboxylic acids is 1. The minimum absolute atomic E-state index is 0.131. The number of nitrogens with zero attached hydrogens (tertiary/aromatic N) is 2. The quantitative estimate of drug-likeness (QED) is 0.696. The lowest BCUT2D eigenvalue weighted by Gasteiger charge is -2.38. The Bertz CT molecular complexity index is 294. The maximum absolute atomic E-state index is 11.8. The molecular formula is C13H25N3O2. The number of carbonyl (C=O) groups is 1. The zero-order valence-corrected chi connectivity index (χ0v) is 11.7. The molecule has 1 aliphatic carbocycles. The third-order valence-electron chi connectivity index (χ3n) is 3.98. The van der Waals surface area contributed by atoms with Gasteiger partial charge in [-0.25, -0.2) is 0 Å². The summed E-state index contributed by atoms with van der Waals surface area (Å²) in [5, 5.41) is 3.39. The van der Waals surface area contributed by atoms with Crippen molar-refractivity contribution in [3.8, 4) is 0 Å². The maximum atomic E-state index is 11.8. The molecule has 0 aromatic carbocycles. The van der Waals surface area contributed by atoms with Crippen molar-refractivity contribution in [1.29, 1.82) is 0 Å². The molecule has 0 spiro atoms. The first-order chi connectivity index (χ1) is 8.60. The average molecular weight is 255 g/mol. The highest BCUT2D eigenvalue weighted by atomic mass is 16.5. The van der Waals surface area contributed by atoms with Crippen molar-refractivity contribution in [1.82, 2.24) is 15.1 Å². The van der Waals surface area contributed by atoms with E-state index >= 15 is 0 Å².